The van der Waals surface area contributed by atoms with Gasteiger partial charge in [0.1, 0.15) is 0 Å². The maximum atomic E-state index is 12.4. The number of carbonyl (C=O) groups is 1. The first-order valence-electron chi connectivity index (χ1n) is 8.34. The normalized spacial score (nSPS) is 15.8. The van der Waals surface area contributed by atoms with Gasteiger partial charge in [0.05, 0.1) is 6.04 Å². The summed E-state index contributed by atoms with van der Waals surface area (Å²) in [5.74, 6) is 0.597. The Bertz CT molecular complexity index is 837. The van der Waals surface area contributed by atoms with E-state index in [0.29, 0.717) is 17.3 Å². The highest BCUT2D eigenvalue weighted by Gasteiger charge is 2.27. The third-order valence-corrected chi connectivity index (χ3v) is 5.57. The number of hydrogen-bond donors (Lipinski definition) is 1. The maximum Gasteiger partial charge on any atom is 0.254 e. The van der Waals surface area contributed by atoms with Gasteiger partial charge in [-0.1, -0.05) is 54.9 Å². The van der Waals surface area contributed by atoms with Crippen LogP contribution < -0.4 is 10.9 Å². The molecule has 1 aliphatic rings. The highest BCUT2D eigenvalue weighted by molar-refractivity contribution is 7.99. The van der Waals surface area contributed by atoms with Gasteiger partial charge in [-0.05, 0) is 18.1 Å². The molecule has 1 amide bonds. The van der Waals surface area contributed by atoms with Gasteiger partial charge in [0.15, 0.2) is 5.16 Å². The Hall–Kier alpha value is -1.79. The predicted molar refractivity (Wildman–Crippen MR) is 100 cm³/mol. The van der Waals surface area contributed by atoms with E-state index in [2.05, 4.69) is 17.2 Å². The van der Waals surface area contributed by atoms with E-state index in [0.717, 1.165) is 29.3 Å². The Kier molecular flexibility index (Phi) is 5.81. The van der Waals surface area contributed by atoms with Crippen molar-refractivity contribution in [2.75, 3.05) is 5.75 Å². The van der Waals surface area contributed by atoms with Crippen molar-refractivity contribution in [1.29, 1.82) is 0 Å². The monoisotopic (exact) mass is 377 g/mol. The first kappa shape index (κ1) is 18.0. The molecule has 0 saturated carbocycles. The molecule has 0 saturated heterocycles. The van der Waals surface area contributed by atoms with E-state index in [-0.39, 0.29) is 23.9 Å². The number of fused-ring (bicyclic) bond motifs is 1. The van der Waals surface area contributed by atoms with E-state index in [1.807, 2.05) is 18.2 Å². The molecular weight excluding hydrogens is 358 g/mol. The van der Waals surface area contributed by atoms with Crippen molar-refractivity contribution in [2.24, 2.45) is 0 Å². The summed E-state index contributed by atoms with van der Waals surface area (Å²) in [6.07, 6.45) is 2.01. The van der Waals surface area contributed by atoms with Crippen molar-refractivity contribution < 1.29 is 4.79 Å². The van der Waals surface area contributed by atoms with Crippen molar-refractivity contribution in [3.63, 3.8) is 0 Å². The summed E-state index contributed by atoms with van der Waals surface area (Å²) in [4.78, 5) is 29.2. The number of aryl methyl sites for hydroxylation is 1. The van der Waals surface area contributed by atoms with Crippen LogP contribution in [-0.4, -0.2) is 21.2 Å². The summed E-state index contributed by atoms with van der Waals surface area (Å²) in [7, 11) is 0. The number of thioether (sulfide) groups is 1. The van der Waals surface area contributed by atoms with E-state index >= 15 is 0 Å². The Morgan fingerprint density at radius 3 is 3.00 bits per heavy atom. The molecule has 0 bridgehead atoms. The average Bonchev–Trinajstić information content (AvgIpc) is 2.97. The van der Waals surface area contributed by atoms with Gasteiger partial charge in [0.25, 0.3) is 5.56 Å². The van der Waals surface area contributed by atoms with E-state index in [1.165, 1.54) is 11.8 Å². The molecule has 1 aliphatic heterocycles. The molecule has 1 aromatic carbocycles. The molecule has 1 atom stereocenters. The number of nitrogens with zero attached hydrogens (tertiary/aromatic N) is 2. The molecular formula is C18H20ClN3O2S. The number of halogens is 1. The highest BCUT2D eigenvalue weighted by Crippen LogP contribution is 2.32. The fourth-order valence-electron chi connectivity index (χ4n) is 2.85. The fraction of sp³-hybridized carbons (Fsp3) is 0.389. The quantitative estimate of drug-likeness (QED) is 0.785. The molecule has 1 aromatic heterocycles. The maximum absolute atomic E-state index is 12.4. The Balaban J connectivity index is 1.65. The molecule has 132 valence electrons. The van der Waals surface area contributed by atoms with Crippen molar-refractivity contribution in [3.8, 4) is 0 Å². The zero-order valence-corrected chi connectivity index (χ0v) is 15.6. The van der Waals surface area contributed by atoms with Gasteiger partial charge in [0.2, 0.25) is 5.91 Å². The lowest BCUT2D eigenvalue weighted by molar-refractivity contribution is -0.121. The van der Waals surface area contributed by atoms with Gasteiger partial charge < -0.3 is 5.32 Å². The summed E-state index contributed by atoms with van der Waals surface area (Å²) < 4.78 is 1.65. The summed E-state index contributed by atoms with van der Waals surface area (Å²) in [6.45, 7) is 2.44. The molecule has 0 fully saturated rings. The number of benzene rings is 1. The Labute approximate surface area is 155 Å². The van der Waals surface area contributed by atoms with Crippen LogP contribution in [0.3, 0.4) is 0 Å². The van der Waals surface area contributed by atoms with Gasteiger partial charge in [-0.15, -0.1) is 0 Å². The second-order valence-electron chi connectivity index (χ2n) is 6.03. The number of amides is 1. The zero-order valence-electron chi connectivity index (χ0n) is 14.0. The number of hydrogen-bond acceptors (Lipinski definition) is 4. The fourth-order valence-corrected chi connectivity index (χ4v) is 4.23. The molecule has 25 heavy (non-hydrogen) atoms. The molecule has 5 nitrogen and oxygen atoms in total. The molecule has 2 aromatic rings. The number of nitrogens with one attached hydrogen (secondary N) is 1. The molecule has 0 spiro atoms. The molecule has 0 aliphatic carbocycles. The third kappa shape index (κ3) is 4.25. The summed E-state index contributed by atoms with van der Waals surface area (Å²) in [5, 5.41) is 4.24. The van der Waals surface area contributed by atoms with Gasteiger partial charge in [-0.3, -0.25) is 14.2 Å². The highest BCUT2D eigenvalue weighted by atomic mass is 35.5. The molecule has 7 heteroatoms. The van der Waals surface area contributed by atoms with Crippen LogP contribution >= 0.6 is 23.4 Å². The van der Waals surface area contributed by atoms with Crippen LogP contribution in [0, 0.1) is 0 Å². The molecule has 0 radical (unpaired) electrons. The largest absolute Gasteiger partial charge is 0.352 e. The number of carbonyl (C=O) groups excluding carboxylic acids is 1. The molecule has 3 rings (SSSR count). The van der Waals surface area contributed by atoms with Crippen molar-refractivity contribution >= 4 is 29.3 Å². The standard InChI is InChI=1S/C18H20ClN3O2S/c1-2-5-13-8-17(24)22-14(11-25-18(22)21-13)9-16(23)20-10-12-6-3-4-7-15(12)19/h3-4,6-8,14H,2,5,9-11H2,1H3,(H,20,23). The Morgan fingerprint density at radius 1 is 1.44 bits per heavy atom. The van der Waals surface area contributed by atoms with E-state index < -0.39 is 0 Å². The van der Waals surface area contributed by atoms with Crippen LogP contribution in [0.15, 0.2) is 40.3 Å². The molecule has 1 N–H and O–H groups in total. The van der Waals surface area contributed by atoms with Crippen molar-refractivity contribution in [1.82, 2.24) is 14.9 Å². The van der Waals surface area contributed by atoms with Crippen LogP contribution in [0.5, 0.6) is 0 Å². The number of aromatic nitrogens is 2. The summed E-state index contributed by atoms with van der Waals surface area (Å²) >= 11 is 7.64. The minimum Gasteiger partial charge on any atom is -0.352 e. The summed E-state index contributed by atoms with van der Waals surface area (Å²) in [5.41, 5.74) is 1.64. The van der Waals surface area contributed by atoms with Crippen molar-refractivity contribution in [2.45, 2.75) is 43.9 Å². The Morgan fingerprint density at radius 2 is 2.24 bits per heavy atom. The van der Waals surface area contributed by atoms with E-state index in [9.17, 15) is 9.59 Å². The van der Waals surface area contributed by atoms with Crippen LogP contribution in [0.25, 0.3) is 0 Å². The first-order valence-corrected chi connectivity index (χ1v) is 9.70. The lowest BCUT2D eigenvalue weighted by Crippen LogP contribution is -2.30. The zero-order chi connectivity index (χ0) is 17.8. The van der Waals surface area contributed by atoms with Crippen LogP contribution in [0.2, 0.25) is 5.02 Å². The van der Waals surface area contributed by atoms with Gasteiger partial charge in [0, 0.05) is 35.5 Å². The van der Waals surface area contributed by atoms with Gasteiger partial charge in [-0.2, -0.15) is 0 Å². The minimum atomic E-state index is -0.151. The minimum absolute atomic E-state index is 0.0673. The number of rotatable bonds is 6. The van der Waals surface area contributed by atoms with Gasteiger partial charge in [-0.25, -0.2) is 4.98 Å². The first-order chi connectivity index (χ1) is 12.1. The summed E-state index contributed by atoms with van der Waals surface area (Å²) in [6, 6.07) is 8.86. The average molecular weight is 378 g/mol. The van der Waals surface area contributed by atoms with Crippen molar-refractivity contribution in [3.05, 3.63) is 57.0 Å². The lowest BCUT2D eigenvalue weighted by Gasteiger charge is -2.14. The van der Waals surface area contributed by atoms with Crippen LogP contribution in [0.4, 0.5) is 0 Å². The molecule has 2 heterocycles. The second-order valence-corrected chi connectivity index (χ2v) is 7.42. The van der Waals surface area contributed by atoms with Gasteiger partial charge >= 0.3 is 0 Å². The lowest BCUT2D eigenvalue weighted by atomic mass is 10.2. The molecule has 1 unspecified atom stereocenters. The van der Waals surface area contributed by atoms with E-state index in [1.54, 1.807) is 16.7 Å². The third-order valence-electron chi connectivity index (χ3n) is 4.10. The van der Waals surface area contributed by atoms with Crippen LogP contribution in [-0.2, 0) is 17.8 Å². The SMILES string of the molecule is CCCc1cc(=O)n2c(n1)SCC2CC(=O)NCc1ccccc1Cl. The smallest absolute Gasteiger partial charge is 0.254 e. The van der Waals surface area contributed by atoms with Crippen LogP contribution in [0.1, 0.15) is 37.1 Å². The predicted octanol–water partition coefficient (Wildman–Crippen LogP) is 3.20. The van der Waals surface area contributed by atoms with E-state index in [4.69, 9.17) is 11.6 Å². The second kappa shape index (κ2) is 8.06. The topological polar surface area (TPSA) is 64.0 Å².